The van der Waals surface area contributed by atoms with E-state index in [0.29, 0.717) is 40.4 Å². The Balaban J connectivity index is 1.31. The topological polar surface area (TPSA) is 117 Å². The summed E-state index contributed by atoms with van der Waals surface area (Å²) in [5.41, 5.74) is 3.30. The predicted molar refractivity (Wildman–Crippen MR) is 166 cm³/mol. The van der Waals surface area contributed by atoms with E-state index >= 15 is 0 Å². The zero-order valence-electron chi connectivity index (χ0n) is 25.0. The highest BCUT2D eigenvalue weighted by Gasteiger charge is 2.47. The minimum Gasteiger partial charge on any atom is -0.392 e. The van der Waals surface area contributed by atoms with Gasteiger partial charge >= 0.3 is 12.1 Å². The lowest BCUT2D eigenvalue weighted by molar-refractivity contribution is -0.245. The quantitative estimate of drug-likeness (QED) is 0.243. The fourth-order valence-corrected chi connectivity index (χ4v) is 6.41. The number of rotatable bonds is 9. The van der Waals surface area contributed by atoms with Crippen LogP contribution in [-0.4, -0.2) is 58.3 Å². The van der Waals surface area contributed by atoms with Crippen molar-refractivity contribution in [2.24, 2.45) is 0 Å². The predicted octanol–water partition coefficient (Wildman–Crippen LogP) is 5.97. The summed E-state index contributed by atoms with van der Waals surface area (Å²) in [6, 6.07) is 20.4. The number of carbonyl (C=O) groups excluding carboxylic acids is 3. The lowest BCUT2D eigenvalue weighted by Gasteiger charge is -2.36. The van der Waals surface area contributed by atoms with Gasteiger partial charge < -0.3 is 30.1 Å². The van der Waals surface area contributed by atoms with Gasteiger partial charge in [0.15, 0.2) is 6.29 Å². The van der Waals surface area contributed by atoms with Crippen molar-refractivity contribution in [2.45, 2.75) is 68.4 Å². The zero-order chi connectivity index (χ0) is 32.8. The van der Waals surface area contributed by atoms with Crippen molar-refractivity contribution in [3.8, 4) is 0 Å². The molecule has 244 valence electrons. The maximum Gasteiger partial charge on any atom is 0.471 e. The molecule has 4 atom stereocenters. The van der Waals surface area contributed by atoms with Crippen molar-refractivity contribution < 1.29 is 42.1 Å². The SMILES string of the molecule is CC(=O)Nc1ccc(SC[C@@H]2C[C@H](c3ccc(CO)cc3)O[C@H](c3cccc(NC(=O)[C@@H]4CCCN4C(=O)C(F)(F)F)c3)O2)cc1. The highest BCUT2D eigenvalue weighted by molar-refractivity contribution is 7.99. The number of thioether (sulfide) groups is 1. The number of aliphatic hydroxyl groups excluding tert-OH is 1. The summed E-state index contributed by atoms with van der Waals surface area (Å²) in [6.45, 7) is 1.22. The number of alkyl halides is 3. The van der Waals surface area contributed by atoms with Gasteiger partial charge in [0.1, 0.15) is 6.04 Å². The molecule has 3 amide bonds. The first-order chi connectivity index (χ1) is 22.0. The summed E-state index contributed by atoms with van der Waals surface area (Å²) < 4.78 is 52.0. The van der Waals surface area contributed by atoms with Crippen molar-refractivity contribution in [3.05, 3.63) is 89.5 Å². The number of nitrogens with zero attached hydrogens (tertiary/aromatic N) is 1. The number of halogens is 3. The molecule has 3 aromatic carbocycles. The molecule has 3 N–H and O–H groups in total. The van der Waals surface area contributed by atoms with Crippen LogP contribution in [0.2, 0.25) is 0 Å². The van der Waals surface area contributed by atoms with E-state index in [1.54, 1.807) is 36.0 Å². The molecule has 46 heavy (non-hydrogen) atoms. The fraction of sp³-hybridized carbons (Fsp3) is 0.364. The Morgan fingerprint density at radius 1 is 0.957 bits per heavy atom. The molecule has 3 aromatic rings. The average Bonchev–Trinajstić information content (AvgIpc) is 3.54. The molecule has 2 fully saturated rings. The van der Waals surface area contributed by atoms with Crippen LogP contribution in [0.4, 0.5) is 24.5 Å². The van der Waals surface area contributed by atoms with Crippen LogP contribution < -0.4 is 10.6 Å². The first kappa shape index (κ1) is 33.5. The molecule has 9 nitrogen and oxygen atoms in total. The van der Waals surface area contributed by atoms with Crippen LogP contribution in [0, 0.1) is 0 Å². The Morgan fingerprint density at radius 2 is 1.70 bits per heavy atom. The van der Waals surface area contributed by atoms with Crippen molar-refractivity contribution in [1.29, 1.82) is 0 Å². The van der Waals surface area contributed by atoms with Crippen molar-refractivity contribution >= 4 is 40.9 Å². The summed E-state index contributed by atoms with van der Waals surface area (Å²) in [4.78, 5) is 37.8. The number of amides is 3. The van der Waals surface area contributed by atoms with Gasteiger partial charge in [-0.2, -0.15) is 13.2 Å². The van der Waals surface area contributed by atoms with Gasteiger partial charge in [-0.3, -0.25) is 14.4 Å². The molecular weight excluding hydrogens is 623 g/mol. The molecule has 0 radical (unpaired) electrons. The lowest BCUT2D eigenvalue weighted by Crippen LogP contribution is -2.48. The highest BCUT2D eigenvalue weighted by atomic mass is 32.2. The van der Waals surface area contributed by atoms with Crippen LogP contribution in [0.1, 0.15) is 55.3 Å². The van der Waals surface area contributed by atoms with E-state index in [-0.39, 0.29) is 37.7 Å². The third-order valence-electron chi connectivity index (χ3n) is 7.71. The molecule has 2 aliphatic heterocycles. The van der Waals surface area contributed by atoms with Crippen LogP contribution in [-0.2, 0) is 30.5 Å². The smallest absolute Gasteiger partial charge is 0.392 e. The van der Waals surface area contributed by atoms with Gasteiger partial charge in [0, 0.05) is 47.5 Å². The molecule has 2 aliphatic rings. The van der Waals surface area contributed by atoms with Crippen LogP contribution in [0.25, 0.3) is 0 Å². The van der Waals surface area contributed by atoms with Crippen LogP contribution in [0.3, 0.4) is 0 Å². The second-order valence-corrected chi connectivity index (χ2v) is 12.2. The van der Waals surface area contributed by atoms with E-state index in [0.717, 1.165) is 16.0 Å². The molecule has 0 bridgehead atoms. The highest BCUT2D eigenvalue weighted by Crippen LogP contribution is 2.40. The second-order valence-electron chi connectivity index (χ2n) is 11.1. The Morgan fingerprint density at radius 3 is 2.37 bits per heavy atom. The maximum atomic E-state index is 13.1. The number of nitrogens with one attached hydrogen (secondary N) is 2. The van der Waals surface area contributed by atoms with Crippen molar-refractivity contribution in [2.75, 3.05) is 22.9 Å². The average molecular weight is 658 g/mol. The van der Waals surface area contributed by atoms with Crippen LogP contribution >= 0.6 is 11.8 Å². The van der Waals surface area contributed by atoms with E-state index < -0.39 is 30.3 Å². The standard InChI is InChI=1S/C33H34F3N3O6S/c1-20(41)37-24-11-13-27(14-12-24)46-19-26-17-29(22-9-7-21(18-40)8-10-22)45-31(44-26)23-4-2-5-25(16-23)38-30(42)28-6-3-15-39(28)32(43)33(34,35)36/h2,4-5,7-14,16,26,28-29,31,40H,3,6,15,17-19H2,1H3,(H,37,41)(H,38,42)/t26-,28-,29+,31+/m0/s1. The summed E-state index contributed by atoms with van der Waals surface area (Å²) in [6.07, 6.45) is -5.50. The van der Waals surface area contributed by atoms with E-state index in [4.69, 9.17) is 9.47 Å². The number of anilines is 2. The number of hydrogen-bond acceptors (Lipinski definition) is 7. The first-order valence-corrected chi connectivity index (χ1v) is 15.8. The Hall–Kier alpha value is -3.91. The van der Waals surface area contributed by atoms with Crippen molar-refractivity contribution in [3.63, 3.8) is 0 Å². The molecule has 13 heteroatoms. The molecule has 0 saturated carbocycles. The second kappa shape index (κ2) is 14.7. The Bertz CT molecular complexity index is 1540. The number of carbonyl (C=O) groups is 3. The normalized spacial score (nSPS) is 21.5. The zero-order valence-corrected chi connectivity index (χ0v) is 25.8. The van der Waals surface area contributed by atoms with Gasteiger partial charge in [0.2, 0.25) is 11.8 Å². The van der Waals surface area contributed by atoms with Gasteiger partial charge in [-0.25, -0.2) is 0 Å². The number of ether oxygens (including phenoxy) is 2. The van der Waals surface area contributed by atoms with Gasteiger partial charge in [-0.1, -0.05) is 36.4 Å². The summed E-state index contributed by atoms with van der Waals surface area (Å²) in [7, 11) is 0. The van der Waals surface area contributed by atoms with E-state index in [1.165, 1.54) is 6.92 Å². The summed E-state index contributed by atoms with van der Waals surface area (Å²) >= 11 is 1.59. The number of benzene rings is 3. The van der Waals surface area contributed by atoms with Crippen LogP contribution in [0.5, 0.6) is 0 Å². The molecule has 2 saturated heterocycles. The monoisotopic (exact) mass is 657 g/mol. The molecule has 0 aliphatic carbocycles. The van der Waals surface area contributed by atoms with Gasteiger partial charge in [0.05, 0.1) is 18.8 Å². The molecular formula is C33H34F3N3O6S. The maximum absolute atomic E-state index is 13.1. The minimum absolute atomic E-state index is 0.0843. The van der Waals surface area contributed by atoms with Crippen LogP contribution in [0.15, 0.2) is 77.7 Å². The fourth-order valence-electron chi connectivity index (χ4n) is 5.48. The third-order valence-corrected chi connectivity index (χ3v) is 8.85. The molecule has 0 spiro atoms. The van der Waals surface area contributed by atoms with Gasteiger partial charge in [-0.15, -0.1) is 11.8 Å². The molecule has 5 rings (SSSR count). The minimum atomic E-state index is -5.06. The number of aliphatic hydroxyl groups is 1. The van der Waals surface area contributed by atoms with E-state index in [1.807, 2.05) is 48.5 Å². The Labute approximate surface area is 268 Å². The van der Waals surface area contributed by atoms with E-state index in [2.05, 4.69) is 10.6 Å². The first-order valence-electron chi connectivity index (χ1n) is 14.8. The van der Waals surface area contributed by atoms with Gasteiger partial charge in [0.25, 0.3) is 0 Å². The largest absolute Gasteiger partial charge is 0.471 e. The summed E-state index contributed by atoms with van der Waals surface area (Å²) in [5.74, 6) is -2.28. The number of hydrogen-bond donors (Lipinski definition) is 3. The third kappa shape index (κ3) is 8.46. The lowest BCUT2D eigenvalue weighted by atomic mass is 10.0. The van der Waals surface area contributed by atoms with Crippen molar-refractivity contribution in [1.82, 2.24) is 4.90 Å². The van der Waals surface area contributed by atoms with Gasteiger partial charge in [-0.05, 0) is 60.4 Å². The van der Waals surface area contributed by atoms with E-state index in [9.17, 15) is 32.7 Å². The Kier molecular flexibility index (Phi) is 10.7. The molecule has 0 unspecified atom stereocenters. The molecule has 0 aromatic heterocycles. The summed E-state index contributed by atoms with van der Waals surface area (Å²) in [5, 5.41) is 14.9. The number of likely N-dealkylation sites (tertiary alicyclic amines) is 1. The molecule has 2 heterocycles.